The van der Waals surface area contributed by atoms with Crippen molar-refractivity contribution in [1.82, 2.24) is 5.32 Å². The van der Waals surface area contributed by atoms with Crippen LogP contribution in [-0.4, -0.2) is 25.8 Å². The van der Waals surface area contributed by atoms with Crippen LogP contribution in [0.4, 0.5) is 0 Å². The van der Waals surface area contributed by atoms with Crippen LogP contribution < -0.4 is 5.32 Å². The standard InChI is InChI=1S/C16H25NO2/c1-2-4-13(5-3-1)11-19-16-10-17-8-6-15(16)14-7-9-18-12-14/h7,9,12-13,15-17H,1-6,8,10-11H2/t15-,16-/m0/s1. The average Bonchev–Trinajstić information content (AvgIpc) is 3.01. The van der Waals surface area contributed by atoms with Crippen LogP contribution in [0.5, 0.6) is 0 Å². The van der Waals surface area contributed by atoms with Crippen LogP contribution in [0.3, 0.4) is 0 Å². The maximum Gasteiger partial charge on any atom is 0.0938 e. The molecule has 1 aromatic rings. The Morgan fingerprint density at radius 3 is 2.89 bits per heavy atom. The average molecular weight is 263 g/mol. The zero-order chi connectivity index (χ0) is 12.9. The summed E-state index contributed by atoms with van der Waals surface area (Å²) in [5, 5.41) is 3.46. The van der Waals surface area contributed by atoms with E-state index in [1.165, 1.54) is 37.7 Å². The zero-order valence-electron chi connectivity index (χ0n) is 11.6. The second-order valence-electron chi connectivity index (χ2n) is 6.03. The van der Waals surface area contributed by atoms with Crippen LogP contribution in [0.25, 0.3) is 0 Å². The molecule has 2 heterocycles. The molecule has 0 spiro atoms. The lowest BCUT2D eigenvalue weighted by Crippen LogP contribution is -2.41. The fourth-order valence-electron chi connectivity index (χ4n) is 3.49. The molecular formula is C16H25NO2. The normalized spacial score (nSPS) is 29.5. The highest BCUT2D eigenvalue weighted by atomic mass is 16.5. The molecule has 2 fully saturated rings. The molecule has 2 aliphatic rings. The Balaban J connectivity index is 1.55. The highest BCUT2D eigenvalue weighted by molar-refractivity contribution is 5.15. The van der Waals surface area contributed by atoms with Gasteiger partial charge in [-0.1, -0.05) is 19.3 Å². The summed E-state index contributed by atoms with van der Waals surface area (Å²) in [7, 11) is 0. The van der Waals surface area contributed by atoms with Crippen molar-refractivity contribution in [3.8, 4) is 0 Å². The van der Waals surface area contributed by atoms with E-state index < -0.39 is 0 Å². The Morgan fingerprint density at radius 2 is 2.11 bits per heavy atom. The van der Waals surface area contributed by atoms with Crippen LogP contribution in [-0.2, 0) is 4.74 Å². The van der Waals surface area contributed by atoms with E-state index in [4.69, 9.17) is 9.15 Å². The van der Waals surface area contributed by atoms with Crippen LogP contribution >= 0.6 is 0 Å². The van der Waals surface area contributed by atoms with Gasteiger partial charge in [0, 0.05) is 19.1 Å². The number of hydrogen-bond acceptors (Lipinski definition) is 3. The molecule has 0 bridgehead atoms. The van der Waals surface area contributed by atoms with Crippen LogP contribution in [0.1, 0.15) is 50.0 Å². The highest BCUT2D eigenvalue weighted by Crippen LogP contribution is 2.30. The van der Waals surface area contributed by atoms with Gasteiger partial charge in [-0.25, -0.2) is 0 Å². The molecule has 1 N–H and O–H groups in total. The number of ether oxygens (including phenoxy) is 1. The first-order valence-corrected chi connectivity index (χ1v) is 7.78. The van der Waals surface area contributed by atoms with Gasteiger partial charge in [-0.05, 0) is 43.4 Å². The van der Waals surface area contributed by atoms with E-state index in [0.717, 1.165) is 32.0 Å². The predicted octanol–water partition coefficient (Wildman–Crippen LogP) is 3.32. The van der Waals surface area contributed by atoms with E-state index in [2.05, 4.69) is 11.4 Å². The molecule has 3 nitrogen and oxygen atoms in total. The predicted molar refractivity (Wildman–Crippen MR) is 75.3 cm³/mol. The summed E-state index contributed by atoms with van der Waals surface area (Å²) in [5.74, 6) is 1.30. The maximum atomic E-state index is 6.25. The SMILES string of the molecule is c1cc([C@@H]2CCNC[C@@H]2OCC2CCCCC2)co1. The molecule has 106 valence electrons. The minimum Gasteiger partial charge on any atom is -0.472 e. The van der Waals surface area contributed by atoms with E-state index in [1.54, 1.807) is 6.26 Å². The summed E-state index contributed by atoms with van der Waals surface area (Å²) in [6.45, 7) is 3.00. The number of nitrogens with one attached hydrogen (secondary N) is 1. The summed E-state index contributed by atoms with van der Waals surface area (Å²) in [6.07, 6.45) is 12.0. The molecule has 0 unspecified atom stereocenters. The van der Waals surface area contributed by atoms with Gasteiger partial charge in [-0.15, -0.1) is 0 Å². The summed E-state index contributed by atoms with van der Waals surface area (Å²) < 4.78 is 11.5. The smallest absolute Gasteiger partial charge is 0.0938 e. The first-order chi connectivity index (χ1) is 9.43. The van der Waals surface area contributed by atoms with Crippen molar-refractivity contribution in [2.75, 3.05) is 19.7 Å². The van der Waals surface area contributed by atoms with E-state index >= 15 is 0 Å². The number of piperidine rings is 1. The van der Waals surface area contributed by atoms with Crippen molar-refractivity contribution in [3.05, 3.63) is 24.2 Å². The molecular weight excluding hydrogens is 238 g/mol. The topological polar surface area (TPSA) is 34.4 Å². The quantitative estimate of drug-likeness (QED) is 0.905. The van der Waals surface area contributed by atoms with E-state index in [9.17, 15) is 0 Å². The second-order valence-corrected chi connectivity index (χ2v) is 6.03. The number of hydrogen-bond donors (Lipinski definition) is 1. The molecule has 1 aromatic heterocycles. The maximum absolute atomic E-state index is 6.25. The van der Waals surface area contributed by atoms with Crippen molar-refractivity contribution in [2.45, 2.75) is 50.5 Å². The summed E-state index contributed by atoms with van der Waals surface area (Å²) in [5.41, 5.74) is 1.30. The first kappa shape index (κ1) is 13.2. The Morgan fingerprint density at radius 1 is 1.21 bits per heavy atom. The van der Waals surface area contributed by atoms with E-state index in [-0.39, 0.29) is 0 Å². The molecule has 1 saturated carbocycles. The molecule has 19 heavy (non-hydrogen) atoms. The number of rotatable bonds is 4. The minimum atomic E-state index is 0.313. The monoisotopic (exact) mass is 263 g/mol. The molecule has 0 amide bonds. The fraction of sp³-hybridized carbons (Fsp3) is 0.750. The van der Waals surface area contributed by atoms with E-state index in [0.29, 0.717) is 12.0 Å². The van der Waals surface area contributed by atoms with Gasteiger partial charge >= 0.3 is 0 Å². The van der Waals surface area contributed by atoms with Crippen LogP contribution in [0.15, 0.2) is 23.0 Å². The van der Waals surface area contributed by atoms with Gasteiger partial charge < -0.3 is 14.5 Å². The summed E-state index contributed by atoms with van der Waals surface area (Å²) >= 11 is 0. The summed E-state index contributed by atoms with van der Waals surface area (Å²) in [6, 6.07) is 2.09. The van der Waals surface area contributed by atoms with Gasteiger partial charge in [0.2, 0.25) is 0 Å². The Hall–Kier alpha value is -0.800. The third-order valence-corrected chi connectivity index (χ3v) is 4.67. The van der Waals surface area contributed by atoms with Crippen molar-refractivity contribution >= 4 is 0 Å². The lowest BCUT2D eigenvalue weighted by Gasteiger charge is -2.33. The minimum absolute atomic E-state index is 0.313. The molecule has 2 atom stereocenters. The summed E-state index contributed by atoms with van der Waals surface area (Å²) in [4.78, 5) is 0. The second kappa shape index (κ2) is 6.58. The molecule has 3 rings (SSSR count). The van der Waals surface area contributed by atoms with Gasteiger partial charge in [0.1, 0.15) is 0 Å². The Bertz CT molecular complexity index is 357. The van der Waals surface area contributed by atoms with Crippen molar-refractivity contribution in [1.29, 1.82) is 0 Å². The van der Waals surface area contributed by atoms with E-state index in [1.807, 2.05) is 6.26 Å². The third kappa shape index (κ3) is 3.40. The van der Waals surface area contributed by atoms with Crippen molar-refractivity contribution < 1.29 is 9.15 Å². The molecule has 1 aliphatic carbocycles. The van der Waals surface area contributed by atoms with Gasteiger partial charge in [-0.3, -0.25) is 0 Å². The molecule has 0 aromatic carbocycles. The van der Waals surface area contributed by atoms with Gasteiger partial charge in [0.25, 0.3) is 0 Å². The molecule has 3 heteroatoms. The van der Waals surface area contributed by atoms with Gasteiger partial charge in [-0.2, -0.15) is 0 Å². The molecule has 1 saturated heterocycles. The highest BCUT2D eigenvalue weighted by Gasteiger charge is 2.28. The fourth-order valence-corrected chi connectivity index (χ4v) is 3.49. The molecule has 1 aliphatic heterocycles. The Labute approximate surface area is 115 Å². The zero-order valence-corrected chi connectivity index (χ0v) is 11.6. The van der Waals surface area contributed by atoms with Gasteiger partial charge in [0.15, 0.2) is 0 Å². The Kier molecular flexibility index (Phi) is 4.57. The molecule has 0 radical (unpaired) electrons. The lowest BCUT2D eigenvalue weighted by atomic mass is 9.88. The number of furan rings is 1. The first-order valence-electron chi connectivity index (χ1n) is 7.78. The van der Waals surface area contributed by atoms with Crippen LogP contribution in [0, 0.1) is 5.92 Å². The van der Waals surface area contributed by atoms with Crippen molar-refractivity contribution in [3.63, 3.8) is 0 Å². The van der Waals surface area contributed by atoms with Crippen molar-refractivity contribution in [2.24, 2.45) is 5.92 Å². The largest absolute Gasteiger partial charge is 0.472 e. The lowest BCUT2D eigenvalue weighted by molar-refractivity contribution is -0.00411. The van der Waals surface area contributed by atoms with Gasteiger partial charge in [0.05, 0.1) is 18.6 Å². The van der Waals surface area contributed by atoms with Crippen LogP contribution in [0.2, 0.25) is 0 Å². The third-order valence-electron chi connectivity index (χ3n) is 4.67.